The van der Waals surface area contributed by atoms with Crippen LogP contribution in [0.15, 0.2) is 65.0 Å². The van der Waals surface area contributed by atoms with Gasteiger partial charge in [0.05, 0.1) is 6.20 Å². The number of hydrogen-bond acceptors (Lipinski definition) is 4. The quantitative estimate of drug-likeness (QED) is 0.789. The van der Waals surface area contributed by atoms with E-state index in [0.29, 0.717) is 10.7 Å². The highest BCUT2D eigenvalue weighted by Gasteiger charge is 2.18. The molecule has 0 saturated carbocycles. The minimum Gasteiger partial charge on any atom is -0.279 e. The predicted molar refractivity (Wildman–Crippen MR) is 89.5 cm³/mol. The van der Waals surface area contributed by atoms with Crippen LogP contribution in [0.5, 0.6) is 0 Å². The van der Waals surface area contributed by atoms with Crippen molar-refractivity contribution < 1.29 is 8.42 Å². The van der Waals surface area contributed by atoms with E-state index >= 15 is 0 Å². The Balaban J connectivity index is 1.89. The van der Waals surface area contributed by atoms with Gasteiger partial charge in [-0.15, -0.1) is 11.3 Å². The monoisotopic (exact) mass is 330 g/mol. The second-order valence-corrected chi connectivity index (χ2v) is 7.77. The summed E-state index contributed by atoms with van der Waals surface area (Å²) in [5.41, 5.74) is 2.45. The number of thiazole rings is 1. The Bertz CT molecular complexity index is 887. The molecule has 0 unspecified atom stereocenters. The summed E-state index contributed by atoms with van der Waals surface area (Å²) in [6, 6.07) is 16.8. The van der Waals surface area contributed by atoms with Gasteiger partial charge in [-0.3, -0.25) is 4.72 Å². The number of aromatic nitrogens is 1. The maximum Gasteiger partial charge on any atom is 0.273 e. The van der Waals surface area contributed by atoms with Gasteiger partial charge in [-0.05, 0) is 24.6 Å². The zero-order chi connectivity index (χ0) is 15.6. The highest BCUT2D eigenvalue weighted by atomic mass is 32.2. The van der Waals surface area contributed by atoms with Gasteiger partial charge < -0.3 is 0 Å². The van der Waals surface area contributed by atoms with Crippen LogP contribution in [0.4, 0.5) is 5.69 Å². The van der Waals surface area contributed by atoms with Crippen molar-refractivity contribution >= 4 is 27.0 Å². The van der Waals surface area contributed by atoms with Gasteiger partial charge in [-0.2, -0.15) is 0 Å². The number of anilines is 1. The summed E-state index contributed by atoms with van der Waals surface area (Å²) in [5, 5.41) is 0.685. The van der Waals surface area contributed by atoms with E-state index in [-0.39, 0.29) is 4.21 Å². The molecule has 0 bridgehead atoms. The summed E-state index contributed by atoms with van der Waals surface area (Å²) in [7, 11) is -3.61. The van der Waals surface area contributed by atoms with Crippen LogP contribution in [-0.4, -0.2) is 13.4 Å². The Hall–Kier alpha value is -2.18. The Morgan fingerprint density at radius 1 is 1.05 bits per heavy atom. The Labute approximate surface area is 133 Å². The summed E-state index contributed by atoms with van der Waals surface area (Å²) >= 11 is 1.15. The third-order valence-electron chi connectivity index (χ3n) is 3.04. The molecule has 1 heterocycles. The highest BCUT2D eigenvalue weighted by Crippen LogP contribution is 2.28. The van der Waals surface area contributed by atoms with Crippen molar-refractivity contribution in [3.8, 4) is 10.6 Å². The lowest BCUT2D eigenvalue weighted by Gasteiger charge is -2.06. The van der Waals surface area contributed by atoms with Crippen LogP contribution in [0.25, 0.3) is 10.6 Å². The fraction of sp³-hybridized carbons (Fsp3) is 0.0625. The lowest BCUT2D eigenvalue weighted by molar-refractivity contribution is 0.603. The zero-order valence-electron chi connectivity index (χ0n) is 11.9. The number of aryl methyl sites for hydroxylation is 1. The Morgan fingerprint density at radius 2 is 1.82 bits per heavy atom. The Kier molecular flexibility index (Phi) is 3.96. The first kappa shape index (κ1) is 14.7. The Morgan fingerprint density at radius 3 is 2.55 bits per heavy atom. The van der Waals surface area contributed by atoms with Gasteiger partial charge >= 0.3 is 0 Å². The van der Waals surface area contributed by atoms with Gasteiger partial charge in [0.1, 0.15) is 5.01 Å². The average Bonchev–Trinajstić information content (AvgIpc) is 2.98. The predicted octanol–water partition coefficient (Wildman–Crippen LogP) is 3.92. The number of sulfonamides is 1. The molecule has 0 aliphatic heterocycles. The van der Waals surface area contributed by atoms with Crippen molar-refractivity contribution in [1.29, 1.82) is 0 Å². The molecule has 0 atom stereocenters. The molecule has 1 N–H and O–H groups in total. The number of rotatable bonds is 4. The SMILES string of the molecule is Cc1cccc(NS(=O)(=O)c2cnc(-c3ccccc3)s2)c1. The minimum absolute atomic E-state index is 0.202. The molecule has 6 heteroatoms. The number of benzene rings is 2. The summed E-state index contributed by atoms with van der Waals surface area (Å²) in [4.78, 5) is 4.21. The average molecular weight is 330 g/mol. The lowest BCUT2D eigenvalue weighted by Crippen LogP contribution is -2.11. The fourth-order valence-electron chi connectivity index (χ4n) is 2.01. The second kappa shape index (κ2) is 5.90. The molecule has 0 fully saturated rings. The fourth-order valence-corrected chi connectivity index (χ4v) is 4.20. The van der Waals surface area contributed by atoms with Crippen LogP contribution in [0, 0.1) is 6.92 Å². The summed E-state index contributed by atoms with van der Waals surface area (Å²) in [6.45, 7) is 1.91. The molecule has 2 aromatic carbocycles. The minimum atomic E-state index is -3.61. The van der Waals surface area contributed by atoms with E-state index in [0.717, 1.165) is 22.5 Å². The van der Waals surface area contributed by atoms with E-state index in [9.17, 15) is 8.42 Å². The van der Waals surface area contributed by atoms with E-state index in [1.165, 1.54) is 6.20 Å². The van der Waals surface area contributed by atoms with Crippen molar-refractivity contribution in [3.05, 3.63) is 66.4 Å². The topological polar surface area (TPSA) is 59.1 Å². The van der Waals surface area contributed by atoms with Gasteiger partial charge in [0, 0.05) is 11.3 Å². The maximum atomic E-state index is 12.4. The molecule has 1 aromatic heterocycles. The smallest absolute Gasteiger partial charge is 0.273 e. The van der Waals surface area contributed by atoms with Gasteiger partial charge in [0.25, 0.3) is 10.0 Å². The van der Waals surface area contributed by atoms with Crippen molar-refractivity contribution in [2.75, 3.05) is 4.72 Å². The maximum absolute atomic E-state index is 12.4. The van der Waals surface area contributed by atoms with E-state index in [2.05, 4.69) is 9.71 Å². The molecule has 3 aromatic rings. The number of hydrogen-bond donors (Lipinski definition) is 1. The second-order valence-electron chi connectivity index (χ2n) is 4.83. The van der Waals surface area contributed by atoms with Gasteiger partial charge in [0.15, 0.2) is 4.21 Å². The van der Waals surface area contributed by atoms with Gasteiger partial charge in [0.2, 0.25) is 0 Å². The zero-order valence-corrected chi connectivity index (χ0v) is 13.5. The molecule has 0 spiro atoms. The van der Waals surface area contributed by atoms with Crippen LogP contribution in [0.3, 0.4) is 0 Å². The van der Waals surface area contributed by atoms with E-state index in [1.807, 2.05) is 49.4 Å². The van der Waals surface area contributed by atoms with Gasteiger partial charge in [-0.25, -0.2) is 13.4 Å². The third-order valence-corrected chi connectivity index (χ3v) is 5.93. The molecule has 22 heavy (non-hydrogen) atoms. The number of nitrogens with zero attached hydrogens (tertiary/aromatic N) is 1. The molecule has 3 rings (SSSR count). The molecule has 0 aliphatic rings. The molecule has 112 valence electrons. The molecule has 0 radical (unpaired) electrons. The highest BCUT2D eigenvalue weighted by molar-refractivity contribution is 7.94. The van der Waals surface area contributed by atoms with Crippen LogP contribution < -0.4 is 4.72 Å². The van der Waals surface area contributed by atoms with Crippen molar-refractivity contribution in [2.24, 2.45) is 0 Å². The largest absolute Gasteiger partial charge is 0.279 e. The lowest BCUT2D eigenvalue weighted by atomic mass is 10.2. The van der Waals surface area contributed by atoms with E-state index in [1.54, 1.807) is 12.1 Å². The standard InChI is InChI=1S/C16H14N2O2S2/c1-12-6-5-9-14(10-12)18-22(19,20)15-11-17-16(21-15)13-7-3-2-4-8-13/h2-11,18H,1H3. The van der Waals surface area contributed by atoms with Gasteiger partial charge in [-0.1, -0.05) is 42.5 Å². The van der Waals surface area contributed by atoms with Crippen molar-refractivity contribution in [1.82, 2.24) is 4.98 Å². The summed E-state index contributed by atoms with van der Waals surface area (Å²) < 4.78 is 27.6. The number of nitrogens with one attached hydrogen (secondary N) is 1. The molecular formula is C16H14N2O2S2. The summed E-state index contributed by atoms with van der Waals surface area (Å²) in [5.74, 6) is 0. The molecule has 0 saturated heterocycles. The van der Waals surface area contributed by atoms with Crippen molar-refractivity contribution in [3.63, 3.8) is 0 Å². The van der Waals surface area contributed by atoms with Crippen LogP contribution in [0.1, 0.15) is 5.56 Å². The molecule has 4 nitrogen and oxygen atoms in total. The third kappa shape index (κ3) is 3.18. The molecule has 0 amide bonds. The normalized spacial score (nSPS) is 11.3. The van der Waals surface area contributed by atoms with E-state index in [4.69, 9.17) is 0 Å². The first-order valence-electron chi connectivity index (χ1n) is 6.65. The molecule has 0 aliphatic carbocycles. The first-order valence-corrected chi connectivity index (χ1v) is 8.95. The molecular weight excluding hydrogens is 316 g/mol. The van der Waals surface area contributed by atoms with E-state index < -0.39 is 10.0 Å². The summed E-state index contributed by atoms with van der Waals surface area (Å²) in [6.07, 6.45) is 1.39. The van der Waals surface area contributed by atoms with Crippen LogP contribution in [0.2, 0.25) is 0 Å². The first-order chi connectivity index (χ1) is 10.5. The van der Waals surface area contributed by atoms with Crippen molar-refractivity contribution in [2.45, 2.75) is 11.1 Å². The van der Waals surface area contributed by atoms with Crippen LogP contribution >= 0.6 is 11.3 Å². The van der Waals surface area contributed by atoms with Crippen LogP contribution in [-0.2, 0) is 10.0 Å².